The largest absolute Gasteiger partial charge is 0.463 e. The lowest BCUT2D eigenvalue weighted by Gasteiger charge is -2.22. The number of nitrogens with one attached hydrogen (secondary N) is 1. The number of aryl methyl sites for hydroxylation is 2. The lowest BCUT2D eigenvalue weighted by molar-refractivity contribution is 0.0468. The van der Waals surface area contributed by atoms with Crippen LogP contribution in [0.25, 0.3) is 10.9 Å². The second kappa shape index (κ2) is 5.46. The van der Waals surface area contributed by atoms with Gasteiger partial charge in [0.1, 0.15) is 17.1 Å². The fraction of sp³-hybridized carbons (Fsp3) is 0.278. The molecule has 2 aromatic heterocycles. The molecule has 2 heterocycles. The molecule has 0 saturated carbocycles. The Morgan fingerprint density at radius 3 is 2.68 bits per heavy atom. The van der Waals surface area contributed by atoms with Gasteiger partial charge in [-0.05, 0) is 45.0 Å². The van der Waals surface area contributed by atoms with Crippen LogP contribution in [-0.2, 0) is 5.60 Å². The summed E-state index contributed by atoms with van der Waals surface area (Å²) in [6.45, 7) is 5.93. The van der Waals surface area contributed by atoms with Crippen molar-refractivity contribution < 1.29 is 9.52 Å². The Morgan fingerprint density at radius 2 is 1.95 bits per heavy atom. The van der Waals surface area contributed by atoms with Gasteiger partial charge < -0.3 is 14.8 Å². The molecular formula is C18H20N2O2. The van der Waals surface area contributed by atoms with E-state index in [1.54, 1.807) is 6.92 Å². The van der Waals surface area contributed by atoms with Crippen LogP contribution < -0.4 is 5.32 Å². The third kappa shape index (κ3) is 2.83. The van der Waals surface area contributed by atoms with Gasteiger partial charge in [0.2, 0.25) is 0 Å². The summed E-state index contributed by atoms with van der Waals surface area (Å²) in [4.78, 5) is 4.52. The van der Waals surface area contributed by atoms with Crippen molar-refractivity contribution in [2.45, 2.75) is 26.4 Å². The van der Waals surface area contributed by atoms with Crippen LogP contribution in [0.5, 0.6) is 0 Å². The van der Waals surface area contributed by atoms with E-state index < -0.39 is 5.60 Å². The molecule has 0 spiro atoms. The predicted octanol–water partition coefficient (Wildman–Crippen LogP) is 3.76. The third-order valence-electron chi connectivity index (χ3n) is 3.74. The second-order valence-electron chi connectivity index (χ2n) is 5.87. The number of anilines is 1. The Kier molecular flexibility index (Phi) is 3.62. The van der Waals surface area contributed by atoms with Gasteiger partial charge in [0.15, 0.2) is 0 Å². The minimum absolute atomic E-state index is 0.355. The molecule has 0 bridgehead atoms. The average Bonchev–Trinajstić information content (AvgIpc) is 2.92. The molecule has 3 rings (SSSR count). The smallest absolute Gasteiger partial charge is 0.137 e. The summed E-state index contributed by atoms with van der Waals surface area (Å²) in [7, 11) is 0. The zero-order valence-corrected chi connectivity index (χ0v) is 13.1. The van der Waals surface area contributed by atoms with Crippen molar-refractivity contribution in [2.75, 3.05) is 11.9 Å². The minimum atomic E-state index is -1.08. The molecule has 2 N–H and O–H groups in total. The van der Waals surface area contributed by atoms with Crippen LogP contribution in [0.15, 0.2) is 46.9 Å². The summed E-state index contributed by atoms with van der Waals surface area (Å²) in [5.41, 5.74) is 1.77. The maximum Gasteiger partial charge on any atom is 0.137 e. The minimum Gasteiger partial charge on any atom is -0.463 e. The van der Waals surface area contributed by atoms with Crippen LogP contribution in [-0.4, -0.2) is 16.6 Å². The number of nitrogens with zero attached hydrogens (tertiary/aromatic N) is 1. The van der Waals surface area contributed by atoms with E-state index in [0.29, 0.717) is 12.3 Å². The van der Waals surface area contributed by atoms with Crippen LogP contribution in [0.2, 0.25) is 0 Å². The van der Waals surface area contributed by atoms with Crippen molar-refractivity contribution in [3.8, 4) is 0 Å². The maximum atomic E-state index is 10.6. The second-order valence-corrected chi connectivity index (χ2v) is 5.87. The van der Waals surface area contributed by atoms with Crippen LogP contribution in [0.1, 0.15) is 24.1 Å². The SMILES string of the molecule is Cc1cc(NCC(C)(O)c2ccc(C)o2)c2ccccc2n1. The van der Waals surface area contributed by atoms with E-state index in [1.165, 1.54) is 0 Å². The van der Waals surface area contributed by atoms with Crippen LogP contribution in [0, 0.1) is 13.8 Å². The number of hydrogen-bond donors (Lipinski definition) is 2. The quantitative estimate of drug-likeness (QED) is 0.769. The van der Waals surface area contributed by atoms with E-state index in [2.05, 4.69) is 10.3 Å². The highest BCUT2D eigenvalue weighted by Crippen LogP contribution is 2.27. The zero-order chi connectivity index (χ0) is 15.7. The first-order valence-electron chi connectivity index (χ1n) is 7.35. The molecule has 1 atom stereocenters. The molecule has 114 valence electrons. The summed E-state index contributed by atoms with van der Waals surface area (Å²) in [6.07, 6.45) is 0. The Bertz CT molecular complexity index is 806. The third-order valence-corrected chi connectivity index (χ3v) is 3.74. The topological polar surface area (TPSA) is 58.3 Å². The molecule has 0 radical (unpaired) electrons. The zero-order valence-electron chi connectivity index (χ0n) is 13.1. The highest BCUT2D eigenvalue weighted by atomic mass is 16.4. The van der Waals surface area contributed by atoms with Crippen molar-refractivity contribution in [3.05, 3.63) is 59.7 Å². The monoisotopic (exact) mass is 296 g/mol. The number of pyridine rings is 1. The predicted molar refractivity (Wildman–Crippen MR) is 88.0 cm³/mol. The lowest BCUT2D eigenvalue weighted by atomic mass is 10.0. The summed E-state index contributed by atoms with van der Waals surface area (Å²) in [5.74, 6) is 1.35. The van der Waals surface area contributed by atoms with Gasteiger partial charge in [-0.2, -0.15) is 0 Å². The molecular weight excluding hydrogens is 276 g/mol. The van der Waals surface area contributed by atoms with E-state index in [4.69, 9.17) is 4.42 Å². The van der Waals surface area contributed by atoms with Crippen molar-refractivity contribution >= 4 is 16.6 Å². The van der Waals surface area contributed by atoms with Crippen LogP contribution >= 0.6 is 0 Å². The maximum absolute atomic E-state index is 10.6. The molecule has 0 aliphatic carbocycles. The van der Waals surface area contributed by atoms with Gasteiger partial charge >= 0.3 is 0 Å². The first kappa shape index (κ1) is 14.6. The molecule has 4 nitrogen and oxygen atoms in total. The van der Waals surface area contributed by atoms with Crippen molar-refractivity contribution in [1.82, 2.24) is 4.98 Å². The summed E-state index contributed by atoms with van der Waals surface area (Å²) in [6, 6.07) is 13.6. The molecule has 3 aromatic rings. The molecule has 0 saturated heterocycles. The van der Waals surface area contributed by atoms with E-state index in [0.717, 1.165) is 28.0 Å². The standard InChI is InChI=1S/C18H20N2O2/c1-12-10-16(14-6-4-5-7-15(14)20-12)19-11-18(3,21)17-9-8-13(2)22-17/h4-10,21H,11H2,1-3H3,(H,19,20). The fourth-order valence-electron chi connectivity index (χ4n) is 2.53. The molecule has 0 amide bonds. The molecule has 22 heavy (non-hydrogen) atoms. The van der Waals surface area contributed by atoms with Gasteiger partial charge in [-0.15, -0.1) is 0 Å². The van der Waals surface area contributed by atoms with E-state index in [-0.39, 0.29) is 0 Å². The Labute approximate surface area is 129 Å². The highest BCUT2D eigenvalue weighted by Gasteiger charge is 2.26. The van der Waals surface area contributed by atoms with E-state index in [1.807, 2.05) is 56.3 Å². The first-order valence-corrected chi connectivity index (χ1v) is 7.35. The summed E-state index contributed by atoms with van der Waals surface area (Å²) in [5, 5.41) is 15.0. The number of benzene rings is 1. The number of furan rings is 1. The van der Waals surface area contributed by atoms with Gasteiger partial charge in [0.05, 0.1) is 12.1 Å². The van der Waals surface area contributed by atoms with Crippen molar-refractivity contribution in [1.29, 1.82) is 0 Å². The number of para-hydroxylation sites is 1. The fourth-order valence-corrected chi connectivity index (χ4v) is 2.53. The van der Waals surface area contributed by atoms with Crippen LogP contribution in [0.4, 0.5) is 5.69 Å². The summed E-state index contributed by atoms with van der Waals surface area (Å²) >= 11 is 0. The van der Waals surface area contributed by atoms with Gasteiger partial charge in [-0.1, -0.05) is 18.2 Å². The number of hydrogen-bond acceptors (Lipinski definition) is 4. The number of rotatable bonds is 4. The molecule has 0 fully saturated rings. The number of aliphatic hydroxyl groups is 1. The first-order chi connectivity index (χ1) is 10.5. The highest BCUT2D eigenvalue weighted by molar-refractivity contribution is 5.91. The van der Waals surface area contributed by atoms with Crippen molar-refractivity contribution in [2.24, 2.45) is 0 Å². The van der Waals surface area contributed by atoms with Gasteiger partial charge in [0, 0.05) is 16.8 Å². The Hall–Kier alpha value is -2.33. The van der Waals surface area contributed by atoms with Gasteiger partial charge in [0.25, 0.3) is 0 Å². The normalized spacial score (nSPS) is 14.0. The molecule has 4 heteroatoms. The van der Waals surface area contributed by atoms with E-state index >= 15 is 0 Å². The Balaban J connectivity index is 1.87. The molecule has 0 aliphatic heterocycles. The van der Waals surface area contributed by atoms with Gasteiger partial charge in [-0.3, -0.25) is 4.98 Å². The molecule has 1 unspecified atom stereocenters. The summed E-state index contributed by atoms with van der Waals surface area (Å²) < 4.78 is 5.55. The van der Waals surface area contributed by atoms with E-state index in [9.17, 15) is 5.11 Å². The lowest BCUT2D eigenvalue weighted by Crippen LogP contribution is -2.30. The molecule has 1 aromatic carbocycles. The van der Waals surface area contributed by atoms with Gasteiger partial charge in [-0.25, -0.2) is 0 Å². The average molecular weight is 296 g/mol. The Morgan fingerprint density at radius 1 is 1.18 bits per heavy atom. The molecule has 0 aliphatic rings. The van der Waals surface area contributed by atoms with Crippen LogP contribution in [0.3, 0.4) is 0 Å². The van der Waals surface area contributed by atoms with Crippen molar-refractivity contribution in [3.63, 3.8) is 0 Å². The number of aromatic nitrogens is 1. The number of fused-ring (bicyclic) bond motifs is 1.